The Hall–Kier alpha value is -4.28. The number of pyridine rings is 3. The first-order valence-corrected chi connectivity index (χ1v) is 16.6. The van der Waals surface area contributed by atoms with E-state index in [1.165, 1.54) is 33.5 Å². The molecule has 45 heavy (non-hydrogen) atoms. The summed E-state index contributed by atoms with van der Waals surface area (Å²) in [4.78, 5) is 19.8. The molecule has 0 atom stereocenters. The van der Waals surface area contributed by atoms with Gasteiger partial charge >= 0.3 is 0 Å². The lowest BCUT2D eigenvalue weighted by atomic mass is 9.93. The number of nitrogens with zero attached hydrogens (tertiary/aromatic N) is 7. The first-order chi connectivity index (χ1) is 21.7. The molecule has 1 saturated carbocycles. The minimum atomic E-state index is -3.76. The van der Waals surface area contributed by atoms with Crippen molar-refractivity contribution < 1.29 is 22.3 Å². The van der Waals surface area contributed by atoms with Crippen LogP contribution >= 0.6 is 0 Å². The van der Waals surface area contributed by atoms with Gasteiger partial charge in [0.25, 0.3) is 0 Å². The number of rotatable bonds is 10. The largest absolute Gasteiger partial charge is 0.759 e. The maximum absolute atomic E-state index is 13.3. The molecule has 0 radical (unpaired) electrons. The van der Waals surface area contributed by atoms with Gasteiger partial charge in [-0.15, -0.1) is 0 Å². The molecular formula is C29H35FN9O5S-. The molecule has 240 valence electrons. The number of anilines is 4. The molecule has 2 N–H and O–H groups in total. The SMILES string of the molecule is Cn1c(CN(c2cnc3cc(N4CCOCC4)nc(OC4CCC(Nc5ccc(F)cn5)CC4)c3c2)S(C)(=O)=O)cnc1N[O-]. The predicted molar refractivity (Wildman–Crippen MR) is 168 cm³/mol. The fourth-order valence-corrected chi connectivity index (χ4v) is 6.49. The second-order valence-corrected chi connectivity index (χ2v) is 13.2. The minimum absolute atomic E-state index is 0.0629. The molecule has 0 amide bonds. The van der Waals surface area contributed by atoms with Gasteiger partial charge in [0.05, 0.1) is 66.9 Å². The predicted octanol–water partition coefficient (Wildman–Crippen LogP) is 3.41. The van der Waals surface area contributed by atoms with Gasteiger partial charge in [-0.3, -0.25) is 9.29 Å². The monoisotopic (exact) mass is 640 g/mol. The van der Waals surface area contributed by atoms with E-state index < -0.39 is 10.0 Å². The van der Waals surface area contributed by atoms with Crippen LogP contribution in [0.5, 0.6) is 5.88 Å². The zero-order valence-corrected chi connectivity index (χ0v) is 25.8. The van der Waals surface area contributed by atoms with Crippen molar-refractivity contribution in [2.75, 3.05) is 52.6 Å². The van der Waals surface area contributed by atoms with Crippen LogP contribution in [-0.4, -0.2) is 77.6 Å². The molecule has 4 aromatic heterocycles. The first-order valence-electron chi connectivity index (χ1n) is 14.7. The van der Waals surface area contributed by atoms with E-state index in [2.05, 4.69) is 25.2 Å². The Morgan fingerprint density at radius 1 is 1.09 bits per heavy atom. The highest BCUT2D eigenvalue weighted by molar-refractivity contribution is 7.92. The Morgan fingerprint density at radius 2 is 1.87 bits per heavy atom. The van der Waals surface area contributed by atoms with Gasteiger partial charge in [0, 0.05) is 32.2 Å². The van der Waals surface area contributed by atoms with E-state index in [1.807, 2.05) is 6.07 Å². The lowest BCUT2D eigenvalue weighted by molar-refractivity contribution is 0.122. The quantitative estimate of drug-likeness (QED) is 0.243. The Kier molecular flexibility index (Phi) is 8.87. The van der Waals surface area contributed by atoms with Crippen LogP contribution in [0.1, 0.15) is 31.4 Å². The second-order valence-electron chi connectivity index (χ2n) is 11.2. The van der Waals surface area contributed by atoms with Crippen LogP contribution in [0, 0.1) is 11.0 Å². The number of nitrogens with one attached hydrogen (secondary N) is 2. The van der Waals surface area contributed by atoms with E-state index in [0.29, 0.717) is 66.1 Å². The number of hydrogen-bond acceptors (Lipinski definition) is 12. The number of imidazole rings is 1. The molecule has 6 rings (SSSR count). The van der Waals surface area contributed by atoms with Gasteiger partial charge in [0.1, 0.15) is 23.6 Å². The van der Waals surface area contributed by atoms with Gasteiger partial charge in [0.15, 0.2) is 5.95 Å². The summed E-state index contributed by atoms with van der Waals surface area (Å²) in [5.74, 6) is 1.42. The molecule has 1 aliphatic heterocycles. The Balaban J connectivity index is 1.28. The molecule has 5 heterocycles. The maximum atomic E-state index is 13.3. The van der Waals surface area contributed by atoms with E-state index in [4.69, 9.17) is 14.5 Å². The molecule has 0 bridgehead atoms. The van der Waals surface area contributed by atoms with Crippen molar-refractivity contribution in [1.82, 2.24) is 24.5 Å². The molecule has 4 aromatic rings. The zero-order valence-electron chi connectivity index (χ0n) is 25.0. The molecule has 2 fully saturated rings. The van der Waals surface area contributed by atoms with Crippen LogP contribution in [-0.2, 0) is 28.4 Å². The Labute approximate surface area is 260 Å². The summed E-state index contributed by atoms with van der Waals surface area (Å²) in [5, 5.41) is 15.1. The molecule has 1 saturated heterocycles. The lowest BCUT2D eigenvalue weighted by Gasteiger charge is -2.31. The number of aromatic nitrogens is 5. The van der Waals surface area contributed by atoms with E-state index >= 15 is 0 Å². The third kappa shape index (κ3) is 7.02. The molecule has 0 unspecified atom stereocenters. The highest BCUT2D eigenvalue weighted by Gasteiger charge is 2.26. The molecule has 2 aliphatic rings. The standard InChI is InChI=1S/C29H35FN9O5S/c1-37-22(17-33-29(37)36-40)18-39(45(2,41)42)21-13-24-25(31-16-21)14-27(38-9-11-43-12-10-38)35-28(24)44-23-6-4-20(5-7-23)34-26-8-3-19(30)15-32-26/h3,8,13-17,20,23H,4-7,9-12,18H2,1-2H3,(H2-,32,33,34,36,40)/q-1. The molecule has 14 nitrogen and oxygen atoms in total. The van der Waals surface area contributed by atoms with Crippen molar-refractivity contribution in [2.24, 2.45) is 7.05 Å². The summed E-state index contributed by atoms with van der Waals surface area (Å²) in [6.07, 6.45) is 8.30. The fourth-order valence-electron chi connectivity index (χ4n) is 5.64. The summed E-state index contributed by atoms with van der Waals surface area (Å²) in [7, 11) is -2.13. The third-order valence-electron chi connectivity index (χ3n) is 8.15. The summed E-state index contributed by atoms with van der Waals surface area (Å²) < 4.78 is 54.1. The van der Waals surface area contributed by atoms with Gasteiger partial charge in [-0.05, 0) is 43.9 Å². The van der Waals surface area contributed by atoms with Gasteiger partial charge in [-0.1, -0.05) is 0 Å². The lowest BCUT2D eigenvalue weighted by Crippen LogP contribution is -2.37. The molecule has 16 heteroatoms. The van der Waals surface area contributed by atoms with Crippen molar-refractivity contribution >= 4 is 44.2 Å². The number of hydrogen-bond donors (Lipinski definition) is 2. The smallest absolute Gasteiger partial charge is 0.232 e. The Bertz CT molecular complexity index is 1740. The average molecular weight is 641 g/mol. The van der Waals surface area contributed by atoms with Gasteiger partial charge in [0.2, 0.25) is 15.9 Å². The average Bonchev–Trinajstić information content (AvgIpc) is 3.40. The van der Waals surface area contributed by atoms with Crippen molar-refractivity contribution in [1.29, 1.82) is 0 Å². The molecular weight excluding hydrogens is 605 g/mol. The van der Waals surface area contributed by atoms with Crippen LogP contribution in [0.25, 0.3) is 10.9 Å². The zero-order chi connectivity index (χ0) is 31.6. The van der Waals surface area contributed by atoms with Crippen LogP contribution < -0.4 is 24.7 Å². The van der Waals surface area contributed by atoms with Crippen molar-refractivity contribution in [3.8, 4) is 5.88 Å². The van der Waals surface area contributed by atoms with Crippen molar-refractivity contribution in [3.05, 3.63) is 59.6 Å². The summed E-state index contributed by atoms with van der Waals surface area (Å²) in [5.41, 5.74) is 3.21. The summed E-state index contributed by atoms with van der Waals surface area (Å²) in [6, 6.07) is 6.79. The van der Waals surface area contributed by atoms with E-state index in [-0.39, 0.29) is 30.5 Å². The van der Waals surface area contributed by atoms with Crippen molar-refractivity contribution in [2.45, 2.75) is 44.4 Å². The normalized spacial score (nSPS) is 19.0. The Morgan fingerprint density at radius 3 is 2.53 bits per heavy atom. The number of morpholine rings is 1. The van der Waals surface area contributed by atoms with Crippen LogP contribution in [0.4, 0.5) is 27.7 Å². The molecule has 0 aromatic carbocycles. The van der Waals surface area contributed by atoms with E-state index in [9.17, 15) is 18.0 Å². The summed E-state index contributed by atoms with van der Waals surface area (Å²) >= 11 is 0. The van der Waals surface area contributed by atoms with Gasteiger partial charge in [-0.25, -0.2) is 22.8 Å². The van der Waals surface area contributed by atoms with Crippen molar-refractivity contribution in [3.63, 3.8) is 0 Å². The number of sulfonamides is 1. The fraction of sp³-hybridized carbons (Fsp3) is 0.448. The number of halogens is 1. The molecule has 0 spiro atoms. The molecule has 1 aliphatic carbocycles. The van der Waals surface area contributed by atoms with Gasteiger partial charge in [-0.2, -0.15) is 4.98 Å². The summed E-state index contributed by atoms with van der Waals surface area (Å²) in [6.45, 7) is 2.47. The van der Waals surface area contributed by atoms with Crippen LogP contribution in [0.15, 0.2) is 42.9 Å². The minimum Gasteiger partial charge on any atom is -0.759 e. The van der Waals surface area contributed by atoms with Crippen LogP contribution in [0.3, 0.4) is 0 Å². The third-order valence-corrected chi connectivity index (χ3v) is 9.29. The highest BCUT2D eigenvalue weighted by Crippen LogP contribution is 2.34. The number of ether oxygens (including phenoxy) is 2. The van der Waals surface area contributed by atoms with Crippen LogP contribution in [0.2, 0.25) is 0 Å². The number of fused-ring (bicyclic) bond motifs is 1. The van der Waals surface area contributed by atoms with E-state index in [0.717, 1.165) is 31.9 Å². The van der Waals surface area contributed by atoms with E-state index in [1.54, 1.807) is 24.7 Å². The first kappa shape index (κ1) is 30.7. The highest BCUT2D eigenvalue weighted by atomic mass is 32.2. The maximum Gasteiger partial charge on any atom is 0.232 e. The van der Waals surface area contributed by atoms with Gasteiger partial charge < -0.3 is 34.9 Å². The topological polar surface area (TPSA) is 163 Å². The second kappa shape index (κ2) is 13.0.